The predicted molar refractivity (Wildman–Crippen MR) is 78.9 cm³/mol. The van der Waals surface area contributed by atoms with Gasteiger partial charge < -0.3 is 5.32 Å². The highest BCUT2D eigenvalue weighted by Gasteiger charge is 2.21. The number of anilines is 1. The molecule has 0 aliphatic carbocycles. The lowest BCUT2D eigenvalue weighted by Crippen LogP contribution is -2.17. The number of sulfonamides is 1. The molecule has 21 heavy (non-hydrogen) atoms. The summed E-state index contributed by atoms with van der Waals surface area (Å²) in [5, 5.41) is 4.67. The molecule has 0 fully saturated rings. The monoisotopic (exact) mass is 332 g/mol. The molecule has 4 nitrogen and oxygen atoms in total. The summed E-state index contributed by atoms with van der Waals surface area (Å²) in [6.07, 6.45) is 0. The number of halogens is 2. The fraction of sp³-hybridized carbons (Fsp3) is 0.231. The quantitative estimate of drug-likeness (QED) is 0.855. The van der Waals surface area contributed by atoms with Crippen molar-refractivity contribution in [3.63, 3.8) is 0 Å². The second-order valence-corrected chi connectivity index (χ2v) is 6.87. The van der Waals surface area contributed by atoms with E-state index >= 15 is 0 Å². The first-order chi connectivity index (χ1) is 9.94. The average Bonchev–Trinajstić information content (AvgIpc) is 2.89. The second kappa shape index (κ2) is 6.50. The lowest BCUT2D eigenvalue weighted by molar-refractivity contribution is 0.593. The van der Waals surface area contributed by atoms with Crippen LogP contribution in [0.1, 0.15) is 11.8 Å². The molecule has 114 valence electrons. The van der Waals surface area contributed by atoms with Gasteiger partial charge in [-0.25, -0.2) is 17.2 Å². The Morgan fingerprint density at radius 3 is 2.71 bits per heavy atom. The van der Waals surface area contributed by atoms with Crippen LogP contribution in [0.4, 0.5) is 14.5 Å². The van der Waals surface area contributed by atoms with Gasteiger partial charge in [-0.05, 0) is 30.1 Å². The van der Waals surface area contributed by atoms with Crippen LogP contribution in [0.2, 0.25) is 0 Å². The minimum Gasteiger partial charge on any atom is -0.312 e. The van der Waals surface area contributed by atoms with Crippen molar-refractivity contribution < 1.29 is 17.2 Å². The van der Waals surface area contributed by atoms with Crippen molar-refractivity contribution >= 4 is 27.0 Å². The third-order valence-corrected chi connectivity index (χ3v) is 5.20. The van der Waals surface area contributed by atoms with Crippen LogP contribution in [0.5, 0.6) is 0 Å². The molecule has 0 radical (unpaired) electrons. The Balaban J connectivity index is 2.30. The summed E-state index contributed by atoms with van der Waals surface area (Å²) >= 11 is 1.28. The third-order valence-electron chi connectivity index (χ3n) is 2.70. The van der Waals surface area contributed by atoms with E-state index in [0.717, 1.165) is 18.2 Å². The standard InChI is InChI=1S/C13H14F2N2O2S2/c1-2-16-8-12-13(5-6-20-12)21(18,19)17-11-7-9(14)3-4-10(11)15/h3-7,16-17H,2,8H2,1H3. The first-order valence-corrected chi connectivity index (χ1v) is 8.55. The first-order valence-electron chi connectivity index (χ1n) is 6.19. The highest BCUT2D eigenvalue weighted by molar-refractivity contribution is 7.93. The Morgan fingerprint density at radius 2 is 2.00 bits per heavy atom. The SMILES string of the molecule is CCNCc1sccc1S(=O)(=O)Nc1cc(F)ccc1F. The van der Waals surface area contributed by atoms with E-state index in [-0.39, 0.29) is 4.90 Å². The van der Waals surface area contributed by atoms with Gasteiger partial charge in [0, 0.05) is 17.5 Å². The van der Waals surface area contributed by atoms with Crippen molar-refractivity contribution in [3.05, 3.63) is 46.2 Å². The van der Waals surface area contributed by atoms with Gasteiger partial charge in [-0.2, -0.15) is 0 Å². The Kier molecular flexibility index (Phi) is 4.92. The van der Waals surface area contributed by atoms with Gasteiger partial charge in [-0.15, -0.1) is 11.3 Å². The topological polar surface area (TPSA) is 58.2 Å². The molecule has 0 saturated carbocycles. The summed E-state index contributed by atoms with van der Waals surface area (Å²) in [6, 6.07) is 4.05. The van der Waals surface area contributed by atoms with Crippen LogP contribution < -0.4 is 10.0 Å². The number of rotatable bonds is 6. The number of nitrogens with one attached hydrogen (secondary N) is 2. The van der Waals surface area contributed by atoms with E-state index < -0.39 is 27.3 Å². The molecule has 0 unspecified atom stereocenters. The summed E-state index contributed by atoms with van der Waals surface area (Å²) in [7, 11) is -3.96. The Labute approximate surface area is 125 Å². The molecular weight excluding hydrogens is 318 g/mol. The van der Waals surface area contributed by atoms with Crippen LogP contribution in [-0.4, -0.2) is 15.0 Å². The van der Waals surface area contributed by atoms with Crippen molar-refractivity contribution in [2.45, 2.75) is 18.4 Å². The lowest BCUT2D eigenvalue weighted by Gasteiger charge is -2.10. The van der Waals surface area contributed by atoms with Gasteiger partial charge in [-0.3, -0.25) is 4.72 Å². The Hall–Kier alpha value is -1.51. The van der Waals surface area contributed by atoms with Gasteiger partial charge in [0.05, 0.1) is 5.69 Å². The molecule has 0 saturated heterocycles. The summed E-state index contributed by atoms with van der Waals surface area (Å²) in [4.78, 5) is 0.679. The lowest BCUT2D eigenvalue weighted by atomic mass is 10.3. The van der Waals surface area contributed by atoms with Gasteiger partial charge in [0.1, 0.15) is 16.5 Å². The Bertz CT molecular complexity index is 730. The molecule has 0 bridgehead atoms. The molecule has 0 spiro atoms. The van der Waals surface area contributed by atoms with Crippen LogP contribution in [0, 0.1) is 11.6 Å². The zero-order valence-corrected chi connectivity index (χ0v) is 12.8. The van der Waals surface area contributed by atoms with E-state index in [4.69, 9.17) is 0 Å². The van der Waals surface area contributed by atoms with Crippen LogP contribution in [-0.2, 0) is 16.6 Å². The van der Waals surface area contributed by atoms with Gasteiger partial charge >= 0.3 is 0 Å². The molecule has 2 rings (SSSR count). The normalized spacial score (nSPS) is 11.6. The van der Waals surface area contributed by atoms with Crippen molar-refractivity contribution in [2.75, 3.05) is 11.3 Å². The van der Waals surface area contributed by atoms with Crippen LogP contribution in [0.15, 0.2) is 34.5 Å². The molecule has 1 aromatic heterocycles. The van der Waals surface area contributed by atoms with E-state index in [0.29, 0.717) is 18.0 Å². The van der Waals surface area contributed by atoms with E-state index in [2.05, 4.69) is 10.0 Å². The molecule has 0 amide bonds. The van der Waals surface area contributed by atoms with Crippen molar-refractivity contribution in [2.24, 2.45) is 0 Å². The van der Waals surface area contributed by atoms with Gasteiger partial charge in [0.2, 0.25) is 0 Å². The highest BCUT2D eigenvalue weighted by Crippen LogP contribution is 2.25. The Morgan fingerprint density at radius 1 is 1.24 bits per heavy atom. The van der Waals surface area contributed by atoms with E-state index in [1.54, 1.807) is 5.38 Å². The van der Waals surface area contributed by atoms with Gasteiger partial charge in [-0.1, -0.05) is 6.92 Å². The molecule has 0 atom stereocenters. The maximum Gasteiger partial charge on any atom is 0.263 e. The van der Waals surface area contributed by atoms with E-state index in [1.165, 1.54) is 17.4 Å². The van der Waals surface area contributed by atoms with Gasteiger partial charge in [0.25, 0.3) is 10.0 Å². The van der Waals surface area contributed by atoms with Crippen molar-refractivity contribution in [1.82, 2.24) is 5.32 Å². The molecule has 2 N–H and O–H groups in total. The summed E-state index contributed by atoms with van der Waals surface area (Å²) in [5.41, 5.74) is -0.407. The highest BCUT2D eigenvalue weighted by atomic mass is 32.2. The summed E-state index contributed by atoms with van der Waals surface area (Å²) < 4.78 is 53.3. The average molecular weight is 332 g/mol. The third kappa shape index (κ3) is 3.78. The molecule has 0 aliphatic rings. The maximum absolute atomic E-state index is 13.5. The minimum absolute atomic E-state index is 0.0668. The smallest absolute Gasteiger partial charge is 0.263 e. The van der Waals surface area contributed by atoms with Gasteiger partial charge in [0.15, 0.2) is 0 Å². The molecule has 1 heterocycles. The van der Waals surface area contributed by atoms with E-state index in [1.807, 2.05) is 6.92 Å². The largest absolute Gasteiger partial charge is 0.312 e. The van der Waals surface area contributed by atoms with Crippen LogP contribution in [0.3, 0.4) is 0 Å². The minimum atomic E-state index is -3.96. The van der Waals surface area contributed by atoms with E-state index in [9.17, 15) is 17.2 Å². The number of hydrogen-bond acceptors (Lipinski definition) is 4. The van der Waals surface area contributed by atoms with Crippen molar-refractivity contribution in [1.29, 1.82) is 0 Å². The molecule has 2 aromatic rings. The molecule has 0 aliphatic heterocycles. The molecule has 8 heteroatoms. The zero-order valence-electron chi connectivity index (χ0n) is 11.2. The van der Waals surface area contributed by atoms with Crippen LogP contribution in [0.25, 0.3) is 0 Å². The fourth-order valence-electron chi connectivity index (χ4n) is 1.71. The predicted octanol–water partition coefficient (Wildman–Crippen LogP) is 2.94. The number of thiophene rings is 1. The molecule has 1 aromatic carbocycles. The number of benzene rings is 1. The fourth-order valence-corrected chi connectivity index (χ4v) is 4.18. The maximum atomic E-state index is 13.5. The number of hydrogen-bond donors (Lipinski definition) is 2. The first kappa shape index (κ1) is 15.9. The summed E-state index contributed by atoms with van der Waals surface area (Å²) in [6.45, 7) is 3.00. The second-order valence-electron chi connectivity index (χ2n) is 4.22. The van der Waals surface area contributed by atoms with Crippen LogP contribution >= 0.6 is 11.3 Å². The zero-order chi connectivity index (χ0) is 15.5. The molecular formula is C13H14F2N2O2S2. The summed E-state index contributed by atoms with van der Waals surface area (Å²) in [5.74, 6) is -1.55. The van der Waals surface area contributed by atoms with Crippen molar-refractivity contribution in [3.8, 4) is 0 Å².